The van der Waals surface area contributed by atoms with Gasteiger partial charge in [-0.1, -0.05) is 22.0 Å². The van der Waals surface area contributed by atoms with Crippen LogP contribution >= 0.6 is 15.9 Å². The number of aromatic nitrogens is 1. The maximum atomic E-state index is 13.7. The van der Waals surface area contributed by atoms with E-state index < -0.39 is 11.6 Å². The molecular weight excluding hydrogens is 326 g/mol. The summed E-state index contributed by atoms with van der Waals surface area (Å²) in [4.78, 5) is 3.10. The van der Waals surface area contributed by atoms with Gasteiger partial charge in [-0.05, 0) is 41.3 Å². The molecule has 1 aromatic heterocycles. The summed E-state index contributed by atoms with van der Waals surface area (Å²) in [5.41, 5.74) is 1.89. The van der Waals surface area contributed by atoms with Gasteiger partial charge in [0, 0.05) is 22.7 Å². The van der Waals surface area contributed by atoms with E-state index in [0.29, 0.717) is 11.0 Å². The average molecular weight is 337 g/mol. The molecule has 20 heavy (non-hydrogen) atoms. The molecule has 5 heteroatoms. The fourth-order valence-corrected chi connectivity index (χ4v) is 2.52. The van der Waals surface area contributed by atoms with Gasteiger partial charge in [-0.2, -0.15) is 0 Å². The number of hydrogen-bond acceptors (Lipinski definition) is 1. The van der Waals surface area contributed by atoms with E-state index in [1.165, 1.54) is 12.1 Å². The molecule has 0 fully saturated rings. The van der Waals surface area contributed by atoms with E-state index in [4.69, 9.17) is 0 Å². The number of nitrogens with one attached hydrogen (secondary N) is 2. The van der Waals surface area contributed by atoms with E-state index >= 15 is 0 Å². The van der Waals surface area contributed by atoms with Crippen molar-refractivity contribution in [2.75, 3.05) is 5.32 Å². The Labute approximate surface area is 122 Å². The molecule has 2 aromatic carbocycles. The molecule has 0 spiro atoms. The first-order chi connectivity index (χ1) is 9.63. The summed E-state index contributed by atoms with van der Waals surface area (Å²) in [5.74, 6) is -1.22. The third kappa shape index (κ3) is 2.54. The van der Waals surface area contributed by atoms with E-state index in [2.05, 4.69) is 26.2 Å². The average Bonchev–Trinajstić information content (AvgIpc) is 2.84. The molecule has 0 unspecified atom stereocenters. The first-order valence-corrected chi connectivity index (χ1v) is 6.87. The predicted octanol–water partition coefficient (Wildman–Crippen LogP) is 4.82. The zero-order valence-electron chi connectivity index (χ0n) is 10.4. The molecule has 0 aliphatic heterocycles. The van der Waals surface area contributed by atoms with Gasteiger partial charge in [0.05, 0.1) is 0 Å². The van der Waals surface area contributed by atoms with Crippen LogP contribution in [0.3, 0.4) is 0 Å². The second kappa shape index (κ2) is 5.25. The number of halogens is 3. The highest BCUT2D eigenvalue weighted by atomic mass is 79.9. The lowest BCUT2D eigenvalue weighted by atomic mass is 10.1. The Hall–Kier alpha value is -1.88. The number of benzene rings is 2. The van der Waals surface area contributed by atoms with Crippen LogP contribution < -0.4 is 5.32 Å². The van der Waals surface area contributed by atoms with Gasteiger partial charge in [-0.15, -0.1) is 0 Å². The Morgan fingerprint density at radius 3 is 2.55 bits per heavy atom. The van der Waals surface area contributed by atoms with Crippen LogP contribution in [0.25, 0.3) is 10.9 Å². The summed E-state index contributed by atoms with van der Waals surface area (Å²) >= 11 is 3.05. The SMILES string of the molecule is Fc1cc(Br)cc(F)c1NCc1ccc2[nH]ccc2c1. The summed E-state index contributed by atoms with van der Waals surface area (Å²) in [5, 5.41) is 3.87. The minimum atomic E-state index is -0.611. The Morgan fingerprint density at radius 1 is 1.05 bits per heavy atom. The maximum absolute atomic E-state index is 13.7. The summed E-state index contributed by atoms with van der Waals surface area (Å²) in [7, 11) is 0. The largest absolute Gasteiger partial charge is 0.376 e. The standard InChI is InChI=1S/C15H11BrF2N2/c16-11-6-12(17)15(13(18)7-11)20-8-9-1-2-14-10(5-9)3-4-19-14/h1-7,19-20H,8H2. The number of aromatic amines is 1. The third-order valence-electron chi connectivity index (χ3n) is 3.09. The van der Waals surface area contributed by atoms with Crippen LogP contribution in [0.5, 0.6) is 0 Å². The molecule has 2 nitrogen and oxygen atoms in total. The van der Waals surface area contributed by atoms with Crippen molar-refractivity contribution in [2.24, 2.45) is 0 Å². The molecule has 3 rings (SSSR count). The van der Waals surface area contributed by atoms with E-state index in [1.54, 1.807) is 0 Å². The van der Waals surface area contributed by atoms with Crippen LogP contribution in [0.1, 0.15) is 5.56 Å². The van der Waals surface area contributed by atoms with Gasteiger partial charge in [0.25, 0.3) is 0 Å². The van der Waals surface area contributed by atoms with Gasteiger partial charge >= 0.3 is 0 Å². The highest BCUT2D eigenvalue weighted by Crippen LogP contribution is 2.24. The molecule has 0 radical (unpaired) electrons. The van der Waals surface area contributed by atoms with Crippen molar-refractivity contribution < 1.29 is 8.78 Å². The van der Waals surface area contributed by atoms with Gasteiger partial charge in [-0.3, -0.25) is 0 Å². The smallest absolute Gasteiger partial charge is 0.150 e. The fourth-order valence-electron chi connectivity index (χ4n) is 2.11. The monoisotopic (exact) mass is 336 g/mol. The van der Waals surface area contributed by atoms with Crippen molar-refractivity contribution in [1.29, 1.82) is 0 Å². The summed E-state index contributed by atoms with van der Waals surface area (Å²) in [6.45, 7) is 0.358. The van der Waals surface area contributed by atoms with E-state index in [1.807, 2.05) is 30.5 Å². The molecule has 2 N–H and O–H groups in total. The van der Waals surface area contributed by atoms with Gasteiger partial charge in [-0.25, -0.2) is 8.78 Å². The fraction of sp³-hybridized carbons (Fsp3) is 0.0667. The van der Waals surface area contributed by atoms with Crippen molar-refractivity contribution in [2.45, 2.75) is 6.54 Å². The van der Waals surface area contributed by atoms with Crippen LogP contribution in [-0.4, -0.2) is 4.98 Å². The lowest BCUT2D eigenvalue weighted by molar-refractivity contribution is 0.586. The summed E-state index contributed by atoms with van der Waals surface area (Å²) < 4.78 is 27.7. The molecule has 102 valence electrons. The second-order valence-electron chi connectivity index (χ2n) is 4.50. The van der Waals surface area contributed by atoms with Crippen molar-refractivity contribution >= 4 is 32.5 Å². The lowest BCUT2D eigenvalue weighted by Crippen LogP contribution is -2.04. The Bertz CT molecular complexity index is 744. The van der Waals surface area contributed by atoms with E-state index in [-0.39, 0.29) is 5.69 Å². The van der Waals surface area contributed by atoms with Crippen LogP contribution in [0, 0.1) is 11.6 Å². The topological polar surface area (TPSA) is 27.8 Å². The molecule has 0 amide bonds. The highest BCUT2D eigenvalue weighted by Gasteiger charge is 2.10. The second-order valence-corrected chi connectivity index (χ2v) is 5.41. The molecule has 0 saturated carbocycles. The quantitative estimate of drug-likeness (QED) is 0.705. The summed E-state index contributed by atoms with van der Waals surface area (Å²) in [6, 6.07) is 10.3. The lowest BCUT2D eigenvalue weighted by Gasteiger charge is -2.09. The van der Waals surface area contributed by atoms with Gasteiger partial charge in [0.1, 0.15) is 17.3 Å². The highest BCUT2D eigenvalue weighted by molar-refractivity contribution is 9.10. The zero-order valence-corrected chi connectivity index (χ0v) is 12.0. The predicted molar refractivity (Wildman–Crippen MR) is 79.7 cm³/mol. The first-order valence-electron chi connectivity index (χ1n) is 6.08. The van der Waals surface area contributed by atoms with Crippen molar-refractivity contribution in [3.8, 4) is 0 Å². The first kappa shape index (κ1) is 13.1. The molecule has 0 saturated heterocycles. The van der Waals surface area contributed by atoms with Crippen LogP contribution in [-0.2, 0) is 6.54 Å². The molecule has 3 aromatic rings. The number of H-pyrrole nitrogens is 1. The summed E-state index contributed by atoms with van der Waals surface area (Å²) in [6.07, 6.45) is 1.86. The molecule has 0 bridgehead atoms. The minimum absolute atomic E-state index is 0.109. The Kier molecular flexibility index (Phi) is 3.44. The van der Waals surface area contributed by atoms with Crippen molar-refractivity contribution in [3.63, 3.8) is 0 Å². The van der Waals surface area contributed by atoms with Crippen molar-refractivity contribution in [1.82, 2.24) is 4.98 Å². The van der Waals surface area contributed by atoms with E-state index in [0.717, 1.165) is 16.5 Å². The van der Waals surface area contributed by atoms with Crippen molar-refractivity contribution in [3.05, 3.63) is 64.3 Å². The number of anilines is 1. The maximum Gasteiger partial charge on any atom is 0.150 e. The molecule has 1 heterocycles. The van der Waals surface area contributed by atoms with Crippen LogP contribution in [0.2, 0.25) is 0 Å². The number of fused-ring (bicyclic) bond motifs is 1. The van der Waals surface area contributed by atoms with Gasteiger partial charge in [0.2, 0.25) is 0 Å². The van der Waals surface area contributed by atoms with Gasteiger partial charge in [0.15, 0.2) is 0 Å². The Balaban J connectivity index is 1.82. The van der Waals surface area contributed by atoms with Crippen LogP contribution in [0.4, 0.5) is 14.5 Å². The number of hydrogen-bond donors (Lipinski definition) is 2. The zero-order chi connectivity index (χ0) is 14.1. The minimum Gasteiger partial charge on any atom is -0.376 e. The normalized spacial score (nSPS) is 10.9. The van der Waals surface area contributed by atoms with Gasteiger partial charge < -0.3 is 10.3 Å². The molecule has 0 aliphatic carbocycles. The Morgan fingerprint density at radius 2 is 1.80 bits per heavy atom. The molecular formula is C15H11BrF2N2. The number of rotatable bonds is 3. The van der Waals surface area contributed by atoms with E-state index in [9.17, 15) is 8.78 Å². The third-order valence-corrected chi connectivity index (χ3v) is 3.55. The van der Waals surface area contributed by atoms with Crippen LogP contribution in [0.15, 0.2) is 47.1 Å². The molecule has 0 aliphatic rings. The molecule has 0 atom stereocenters.